The van der Waals surface area contributed by atoms with E-state index in [1.807, 2.05) is 59.4 Å². The van der Waals surface area contributed by atoms with Gasteiger partial charge in [0.25, 0.3) is 5.91 Å². The van der Waals surface area contributed by atoms with E-state index in [2.05, 4.69) is 10.4 Å². The standard InChI is InChI=1S/C19H19N3O3/c1-24-19(10-11-25-13-19)18(23)21-15-6-8-16(9-7-15)22-17-5-3-2-4-14(17)12-20-22/h2-9,12H,10-11,13H2,1H3,(H,21,23)/t19-/m1/s1. The van der Waals surface area contributed by atoms with Crippen LogP contribution in [0.15, 0.2) is 54.7 Å². The van der Waals surface area contributed by atoms with Crippen molar-refractivity contribution in [2.75, 3.05) is 25.6 Å². The summed E-state index contributed by atoms with van der Waals surface area (Å²) >= 11 is 0. The summed E-state index contributed by atoms with van der Waals surface area (Å²) in [6.45, 7) is 0.819. The third kappa shape index (κ3) is 2.79. The summed E-state index contributed by atoms with van der Waals surface area (Å²) in [4.78, 5) is 12.5. The third-order valence-electron chi connectivity index (χ3n) is 4.64. The third-order valence-corrected chi connectivity index (χ3v) is 4.64. The zero-order chi connectivity index (χ0) is 17.3. The van der Waals surface area contributed by atoms with Crippen LogP contribution in [-0.4, -0.2) is 41.6 Å². The topological polar surface area (TPSA) is 65.4 Å². The van der Waals surface area contributed by atoms with Crippen LogP contribution in [0.1, 0.15) is 6.42 Å². The number of hydrogen-bond acceptors (Lipinski definition) is 4. The van der Waals surface area contributed by atoms with Crippen molar-refractivity contribution in [2.24, 2.45) is 0 Å². The Kier molecular flexibility index (Phi) is 3.99. The second kappa shape index (κ2) is 6.31. The maximum absolute atomic E-state index is 12.5. The molecule has 1 aliphatic heterocycles. The van der Waals surface area contributed by atoms with E-state index in [1.54, 1.807) is 7.11 Å². The first-order chi connectivity index (χ1) is 12.2. The Labute approximate surface area is 145 Å². The maximum Gasteiger partial charge on any atom is 0.259 e. The number of fused-ring (bicyclic) bond motifs is 1. The first-order valence-corrected chi connectivity index (χ1v) is 8.19. The summed E-state index contributed by atoms with van der Waals surface area (Å²) in [5, 5.41) is 8.43. The van der Waals surface area contributed by atoms with Crippen LogP contribution in [0.5, 0.6) is 0 Å². The lowest BCUT2D eigenvalue weighted by molar-refractivity contribution is -0.137. The van der Waals surface area contributed by atoms with E-state index in [1.165, 1.54) is 0 Å². The van der Waals surface area contributed by atoms with Gasteiger partial charge in [0.2, 0.25) is 0 Å². The van der Waals surface area contributed by atoms with E-state index in [9.17, 15) is 4.79 Å². The van der Waals surface area contributed by atoms with Crippen LogP contribution < -0.4 is 5.32 Å². The number of para-hydroxylation sites is 1. The molecule has 0 saturated carbocycles. The molecule has 25 heavy (non-hydrogen) atoms. The molecule has 0 spiro atoms. The van der Waals surface area contributed by atoms with Gasteiger partial charge >= 0.3 is 0 Å². The first-order valence-electron chi connectivity index (χ1n) is 8.19. The molecule has 1 aliphatic rings. The lowest BCUT2D eigenvalue weighted by Crippen LogP contribution is -2.45. The molecule has 0 bridgehead atoms. The predicted molar refractivity (Wildman–Crippen MR) is 94.9 cm³/mol. The Balaban J connectivity index is 1.55. The first kappa shape index (κ1) is 15.8. The lowest BCUT2D eigenvalue weighted by Gasteiger charge is -2.24. The van der Waals surface area contributed by atoms with Crippen LogP contribution in [0.25, 0.3) is 16.6 Å². The lowest BCUT2D eigenvalue weighted by atomic mass is 10.0. The molecule has 1 fully saturated rings. The predicted octanol–water partition coefficient (Wildman–Crippen LogP) is 2.77. The average Bonchev–Trinajstić information content (AvgIpc) is 3.30. The van der Waals surface area contributed by atoms with Gasteiger partial charge in [0.05, 0.1) is 30.6 Å². The monoisotopic (exact) mass is 337 g/mol. The van der Waals surface area contributed by atoms with Gasteiger partial charge < -0.3 is 14.8 Å². The molecule has 1 amide bonds. The number of ether oxygens (including phenoxy) is 2. The van der Waals surface area contributed by atoms with Crippen LogP contribution >= 0.6 is 0 Å². The molecule has 6 nitrogen and oxygen atoms in total. The van der Waals surface area contributed by atoms with E-state index in [-0.39, 0.29) is 12.5 Å². The number of nitrogens with one attached hydrogen (secondary N) is 1. The van der Waals surface area contributed by atoms with Crippen molar-refractivity contribution >= 4 is 22.5 Å². The number of carbonyl (C=O) groups is 1. The van der Waals surface area contributed by atoms with E-state index in [0.29, 0.717) is 18.7 Å². The van der Waals surface area contributed by atoms with Crippen molar-refractivity contribution < 1.29 is 14.3 Å². The molecule has 0 aliphatic carbocycles. The van der Waals surface area contributed by atoms with Gasteiger partial charge in [0.1, 0.15) is 0 Å². The molecule has 128 valence electrons. The van der Waals surface area contributed by atoms with E-state index in [0.717, 1.165) is 16.6 Å². The van der Waals surface area contributed by atoms with Crippen molar-refractivity contribution in [3.05, 3.63) is 54.7 Å². The number of rotatable bonds is 4. The number of methoxy groups -OCH3 is 1. The summed E-state index contributed by atoms with van der Waals surface area (Å²) in [5.41, 5.74) is 1.80. The van der Waals surface area contributed by atoms with Crippen LogP contribution in [-0.2, 0) is 14.3 Å². The highest BCUT2D eigenvalue weighted by atomic mass is 16.6. The SMILES string of the molecule is CO[C@]1(C(=O)Nc2ccc(-n3ncc4ccccc43)cc2)CCOC1. The Morgan fingerprint density at radius 2 is 2.04 bits per heavy atom. The fourth-order valence-corrected chi connectivity index (χ4v) is 3.09. The summed E-state index contributed by atoms with van der Waals surface area (Å²) < 4.78 is 12.6. The van der Waals surface area contributed by atoms with Gasteiger partial charge in [0.15, 0.2) is 5.60 Å². The number of amides is 1. The van der Waals surface area contributed by atoms with Gasteiger partial charge in [-0.3, -0.25) is 4.79 Å². The van der Waals surface area contributed by atoms with E-state index < -0.39 is 5.60 Å². The number of hydrogen-bond donors (Lipinski definition) is 1. The van der Waals surface area contributed by atoms with Crippen LogP contribution in [0.3, 0.4) is 0 Å². The zero-order valence-corrected chi connectivity index (χ0v) is 13.9. The molecule has 1 saturated heterocycles. The Hall–Kier alpha value is -2.70. The average molecular weight is 337 g/mol. The highest BCUT2D eigenvalue weighted by molar-refractivity contribution is 5.97. The molecule has 2 aromatic carbocycles. The van der Waals surface area contributed by atoms with Crippen molar-refractivity contribution in [1.82, 2.24) is 9.78 Å². The normalized spacial score (nSPS) is 20.0. The Morgan fingerprint density at radius 3 is 2.76 bits per heavy atom. The molecule has 3 aromatic rings. The van der Waals surface area contributed by atoms with Crippen LogP contribution in [0.4, 0.5) is 5.69 Å². The minimum absolute atomic E-state index is 0.176. The highest BCUT2D eigenvalue weighted by Crippen LogP contribution is 2.25. The molecule has 1 aromatic heterocycles. The second-order valence-electron chi connectivity index (χ2n) is 6.12. The molecule has 0 unspecified atom stereocenters. The van der Waals surface area contributed by atoms with Gasteiger partial charge in [0, 0.05) is 24.6 Å². The van der Waals surface area contributed by atoms with E-state index in [4.69, 9.17) is 9.47 Å². The Morgan fingerprint density at radius 1 is 1.24 bits per heavy atom. The van der Waals surface area contributed by atoms with Crippen molar-refractivity contribution in [2.45, 2.75) is 12.0 Å². The molecule has 0 radical (unpaired) electrons. The number of anilines is 1. The fraction of sp³-hybridized carbons (Fsp3) is 0.263. The smallest absolute Gasteiger partial charge is 0.259 e. The molecule has 6 heteroatoms. The largest absolute Gasteiger partial charge is 0.378 e. The minimum Gasteiger partial charge on any atom is -0.378 e. The van der Waals surface area contributed by atoms with Crippen molar-refractivity contribution in [1.29, 1.82) is 0 Å². The summed E-state index contributed by atoms with van der Waals surface area (Å²) in [6, 6.07) is 15.6. The zero-order valence-electron chi connectivity index (χ0n) is 13.9. The summed E-state index contributed by atoms with van der Waals surface area (Å²) in [6.07, 6.45) is 2.40. The van der Waals surface area contributed by atoms with Gasteiger partial charge in [-0.2, -0.15) is 5.10 Å². The summed E-state index contributed by atoms with van der Waals surface area (Å²) in [5.74, 6) is -0.176. The van der Waals surface area contributed by atoms with Gasteiger partial charge in [-0.25, -0.2) is 4.68 Å². The van der Waals surface area contributed by atoms with Gasteiger partial charge in [-0.05, 0) is 30.3 Å². The van der Waals surface area contributed by atoms with Crippen molar-refractivity contribution in [3.8, 4) is 5.69 Å². The molecule has 4 rings (SSSR count). The van der Waals surface area contributed by atoms with Gasteiger partial charge in [-0.1, -0.05) is 18.2 Å². The number of carbonyl (C=O) groups excluding carboxylic acids is 1. The molecule has 1 N–H and O–H groups in total. The summed E-state index contributed by atoms with van der Waals surface area (Å²) in [7, 11) is 1.54. The quantitative estimate of drug-likeness (QED) is 0.795. The van der Waals surface area contributed by atoms with Gasteiger partial charge in [-0.15, -0.1) is 0 Å². The Bertz CT molecular complexity index is 896. The fourth-order valence-electron chi connectivity index (χ4n) is 3.09. The second-order valence-corrected chi connectivity index (χ2v) is 6.12. The molecule has 1 atom stereocenters. The number of benzene rings is 2. The van der Waals surface area contributed by atoms with Crippen LogP contribution in [0.2, 0.25) is 0 Å². The number of aromatic nitrogens is 2. The molecule has 2 heterocycles. The number of nitrogens with zero attached hydrogens (tertiary/aromatic N) is 2. The minimum atomic E-state index is -0.892. The molecular weight excluding hydrogens is 318 g/mol. The van der Waals surface area contributed by atoms with Crippen molar-refractivity contribution in [3.63, 3.8) is 0 Å². The molecular formula is C19H19N3O3. The highest BCUT2D eigenvalue weighted by Gasteiger charge is 2.42. The van der Waals surface area contributed by atoms with E-state index >= 15 is 0 Å². The maximum atomic E-state index is 12.5. The van der Waals surface area contributed by atoms with Crippen LogP contribution in [0, 0.1) is 0 Å².